The van der Waals surface area contributed by atoms with Gasteiger partial charge in [-0.2, -0.15) is 0 Å². The smallest absolute Gasteiger partial charge is 0.253 e. The number of benzene rings is 1. The molecule has 2 N–H and O–H groups in total. The summed E-state index contributed by atoms with van der Waals surface area (Å²) in [5.41, 5.74) is 7.68. The van der Waals surface area contributed by atoms with Gasteiger partial charge in [0.2, 0.25) is 0 Å². The zero-order valence-electron chi connectivity index (χ0n) is 12.6. The Hall–Kier alpha value is -2.08. The fourth-order valence-corrected chi connectivity index (χ4v) is 2.08. The average Bonchev–Trinajstić information content (AvgIpc) is 2.53. The predicted octanol–water partition coefficient (Wildman–Crippen LogP) is 0.535. The predicted molar refractivity (Wildman–Crippen MR) is 82.2 cm³/mol. The molecule has 0 radical (unpaired) electrons. The van der Waals surface area contributed by atoms with Crippen LogP contribution in [-0.2, 0) is 11.3 Å². The maximum absolute atomic E-state index is 11.8. The van der Waals surface area contributed by atoms with Crippen LogP contribution in [0.4, 0.5) is 0 Å². The molecule has 1 aromatic carbocycles. The SMILES string of the molecule is CN(C)C(=O)c1ccc(CN=C(N)N2CCOCC2)cc1. The minimum atomic E-state index is -0.00196. The second kappa shape index (κ2) is 7.08. The van der Waals surface area contributed by atoms with Crippen LogP contribution < -0.4 is 5.73 Å². The van der Waals surface area contributed by atoms with Crippen molar-refractivity contribution < 1.29 is 9.53 Å². The molecule has 0 saturated carbocycles. The number of hydrogen-bond donors (Lipinski definition) is 1. The van der Waals surface area contributed by atoms with Crippen LogP contribution in [-0.4, -0.2) is 62.1 Å². The van der Waals surface area contributed by atoms with Gasteiger partial charge in [-0.15, -0.1) is 0 Å². The molecule has 0 bridgehead atoms. The monoisotopic (exact) mass is 290 g/mol. The summed E-state index contributed by atoms with van der Waals surface area (Å²) in [4.78, 5) is 19.8. The van der Waals surface area contributed by atoms with Gasteiger partial charge in [0.25, 0.3) is 5.91 Å². The summed E-state index contributed by atoms with van der Waals surface area (Å²) in [6, 6.07) is 7.45. The number of guanidine groups is 1. The molecule has 1 saturated heterocycles. The maximum Gasteiger partial charge on any atom is 0.253 e. The lowest BCUT2D eigenvalue weighted by Crippen LogP contribution is -2.44. The first-order valence-electron chi connectivity index (χ1n) is 7.01. The van der Waals surface area contributed by atoms with Crippen molar-refractivity contribution in [2.75, 3.05) is 40.4 Å². The van der Waals surface area contributed by atoms with Gasteiger partial charge in [0.05, 0.1) is 19.8 Å². The van der Waals surface area contributed by atoms with Crippen LogP contribution in [0.15, 0.2) is 29.3 Å². The zero-order chi connectivity index (χ0) is 15.2. The second-order valence-electron chi connectivity index (χ2n) is 5.17. The lowest BCUT2D eigenvalue weighted by Gasteiger charge is -2.27. The number of ether oxygens (including phenoxy) is 1. The Morgan fingerprint density at radius 3 is 2.48 bits per heavy atom. The summed E-state index contributed by atoms with van der Waals surface area (Å²) in [6.45, 7) is 3.46. The van der Waals surface area contributed by atoms with Gasteiger partial charge in [-0.1, -0.05) is 12.1 Å². The van der Waals surface area contributed by atoms with Gasteiger partial charge in [0, 0.05) is 32.7 Å². The van der Waals surface area contributed by atoms with Crippen LogP contribution in [0.25, 0.3) is 0 Å². The highest BCUT2D eigenvalue weighted by Crippen LogP contribution is 2.08. The molecule has 0 aliphatic carbocycles. The number of rotatable bonds is 3. The van der Waals surface area contributed by atoms with E-state index in [-0.39, 0.29) is 5.91 Å². The second-order valence-corrected chi connectivity index (χ2v) is 5.17. The highest BCUT2D eigenvalue weighted by atomic mass is 16.5. The van der Waals surface area contributed by atoms with E-state index in [0.29, 0.717) is 31.3 Å². The van der Waals surface area contributed by atoms with E-state index in [9.17, 15) is 4.79 Å². The lowest BCUT2D eigenvalue weighted by molar-refractivity contribution is 0.0674. The Bertz CT molecular complexity index is 505. The molecule has 6 heteroatoms. The third kappa shape index (κ3) is 4.19. The van der Waals surface area contributed by atoms with Crippen LogP contribution in [0.2, 0.25) is 0 Å². The number of nitrogens with two attached hydrogens (primary N) is 1. The lowest BCUT2D eigenvalue weighted by atomic mass is 10.1. The van der Waals surface area contributed by atoms with E-state index in [2.05, 4.69) is 4.99 Å². The van der Waals surface area contributed by atoms with Crippen molar-refractivity contribution in [2.45, 2.75) is 6.54 Å². The van der Waals surface area contributed by atoms with Crippen molar-refractivity contribution in [3.8, 4) is 0 Å². The largest absolute Gasteiger partial charge is 0.378 e. The molecular formula is C15H22N4O2. The Balaban J connectivity index is 1.95. The van der Waals surface area contributed by atoms with Crippen molar-refractivity contribution >= 4 is 11.9 Å². The molecule has 0 unspecified atom stereocenters. The minimum absolute atomic E-state index is 0.00196. The van der Waals surface area contributed by atoms with Crippen LogP contribution in [0.5, 0.6) is 0 Å². The topological polar surface area (TPSA) is 71.2 Å². The molecule has 0 spiro atoms. The van der Waals surface area contributed by atoms with Gasteiger partial charge in [-0.05, 0) is 17.7 Å². The maximum atomic E-state index is 11.8. The molecule has 114 valence electrons. The molecule has 1 aromatic rings. The van der Waals surface area contributed by atoms with Crippen molar-refractivity contribution in [3.63, 3.8) is 0 Å². The third-order valence-corrected chi connectivity index (χ3v) is 3.37. The number of hydrogen-bond acceptors (Lipinski definition) is 3. The van der Waals surface area contributed by atoms with Gasteiger partial charge >= 0.3 is 0 Å². The first-order valence-corrected chi connectivity index (χ1v) is 7.01. The number of aliphatic imine (C=N–C) groups is 1. The molecule has 6 nitrogen and oxygen atoms in total. The summed E-state index contributed by atoms with van der Waals surface area (Å²) < 4.78 is 5.28. The molecule has 1 fully saturated rings. The average molecular weight is 290 g/mol. The molecule has 2 rings (SSSR count). The van der Waals surface area contributed by atoms with Crippen molar-refractivity contribution in [1.82, 2.24) is 9.80 Å². The Labute approximate surface area is 125 Å². The van der Waals surface area contributed by atoms with E-state index in [1.807, 2.05) is 29.2 Å². The van der Waals surface area contributed by atoms with Gasteiger partial charge in [0.15, 0.2) is 5.96 Å². The number of carbonyl (C=O) groups is 1. The van der Waals surface area contributed by atoms with Crippen molar-refractivity contribution in [1.29, 1.82) is 0 Å². The van der Waals surface area contributed by atoms with Crippen molar-refractivity contribution in [2.24, 2.45) is 10.7 Å². The molecule has 21 heavy (non-hydrogen) atoms. The molecule has 1 aliphatic rings. The number of amides is 1. The van der Waals surface area contributed by atoms with Crippen LogP contribution in [0, 0.1) is 0 Å². The summed E-state index contributed by atoms with van der Waals surface area (Å²) in [6.07, 6.45) is 0. The third-order valence-electron chi connectivity index (χ3n) is 3.37. The van der Waals surface area contributed by atoms with E-state index in [1.165, 1.54) is 0 Å². The van der Waals surface area contributed by atoms with Gasteiger partial charge in [0.1, 0.15) is 0 Å². The number of carbonyl (C=O) groups excluding carboxylic acids is 1. The van der Waals surface area contributed by atoms with Gasteiger partial charge in [-0.3, -0.25) is 4.79 Å². The van der Waals surface area contributed by atoms with E-state index in [4.69, 9.17) is 10.5 Å². The number of nitrogens with zero attached hydrogens (tertiary/aromatic N) is 3. The highest BCUT2D eigenvalue weighted by molar-refractivity contribution is 5.93. The minimum Gasteiger partial charge on any atom is -0.378 e. The molecule has 0 aromatic heterocycles. The van der Waals surface area contributed by atoms with Gasteiger partial charge < -0.3 is 20.3 Å². The van der Waals surface area contributed by atoms with Gasteiger partial charge in [-0.25, -0.2) is 4.99 Å². The number of morpholine rings is 1. The first-order chi connectivity index (χ1) is 10.1. The standard InChI is InChI=1S/C15H22N4O2/c1-18(2)14(20)13-5-3-12(4-6-13)11-17-15(16)19-7-9-21-10-8-19/h3-6H,7-11H2,1-2H3,(H2,16,17). The zero-order valence-corrected chi connectivity index (χ0v) is 12.6. The van der Waals surface area contributed by atoms with E-state index in [0.717, 1.165) is 18.7 Å². The van der Waals surface area contributed by atoms with E-state index < -0.39 is 0 Å². The van der Waals surface area contributed by atoms with Crippen LogP contribution in [0.1, 0.15) is 15.9 Å². The summed E-state index contributed by atoms with van der Waals surface area (Å²) in [5, 5.41) is 0. The van der Waals surface area contributed by atoms with Crippen molar-refractivity contribution in [3.05, 3.63) is 35.4 Å². The molecular weight excluding hydrogens is 268 g/mol. The summed E-state index contributed by atoms with van der Waals surface area (Å²) in [5.74, 6) is 0.546. The van der Waals surface area contributed by atoms with Crippen LogP contribution >= 0.6 is 0 Å². The fraction of sp³-hybridized carbons (Fsp3) is 0.467. The normalized spacial score (nSPS) is 15.9. The Kier molecular flexibility index (Phi) is 5.16. The highest BCUT2D eigenvalue weighted by Gasteiger charge is 2.12. The summed E-state index contributed by atoms with van der Waals surface area (Å²) in [7, 11) is 3.48. The van der Waals surface area contributed by atoms with Crippen LogP contribution in [0.3, 0.4) is 0 Å². The Morgan fingerprint density at radius 2 is 1.90 bits per heavy atom. The van der Waals surface area contributed by atoms with E-state index >= 15 is 0 Å². The summed E-state index contributed by atoms with van der Waals surface area (Å²) >= 11 is 0. The first kappa shape index (κ1) is 15.3. The fourth-order valence-electron chi connectivity index (χ4n) is 2.08. The molecule has 1 amide bonds. The molecule has 1 aliphatic heterocycles. The Morgan fingerprint density at radius 1 is 1.29 bits per heavy atom. The molecule has 0 atom stereocenters. The van der Waals surface area contributed by atoms with E-state index in [1.54, 1.807) is 19.0 Å². The molecule has 1 heterocycles. The quantitative estimate of drug-likeness (QED) is 0.651.